The fourth-order valence-electron chi connectivity index (χ4n) is 5.23. The second-order valence-electron chi connectivity index (χ2n) is 10.6. The molecule has 0 saturated carbocycles. The second kappa shape index (κ2) is 14.1. The van der Waals surface area contributed by atoms with Crippen LogP contribution < -0.4 is 14.2 Å². The fourth-order valence-corrected chi connectivity index (χ4v) is 5.62. The van der Waals surface area contributed by atoms with Crippen LogP contribution in [0.3, 0.4) is 0 Å². The van der Waals surface area contributed by atoms with Gasteiger partial charge in [0.05, 0.1) is 30.7 Å². The predicted molar refractivity (Wildman–Crippen MR) is 172 cm³/mol. The third-order valence-electron chi connectivity index (χ3n) is 7.53. The van der Waals surface area contributed by atoms with Gasteiger partial charge in [0, 0.05) is 57.3 Å². The first-order valence-corrected chi connectivity index (χ1v) is 15.2. The predicted octanol–water partition coefficient (Wildman–Crippen LogP) is 7.59. The van der Waals surface area contributed by atoms with Crippen LogP contribution in [-0.4, -0.2) is 45.6 Å². The van der Waals surface area contributed by atoms with Crippen molar-refractivity contribution in [1.82, 2.24) is 9.78 Å². The molecule has 1 aliphatic rings. The van der Waals surface area contributed by atoms with Gasteiger partial charge in [-0.2, -0.15) is 5.10 Å². The van der Waals surface area contributed by atoms with Crippen molar-refractivity contribution in [3.63, 3.8) is 0 Å². The van der Waals surface area contributed by atoms with E-state index in [1.54, 1.807) is 49.6 Å². The van der Waals surface area contributed by atoms with Gasteiger partial charge in [-0.05, 0) is 61.0 Å². The van der Waals surface area contributed by atoms with E-state index in [1.165, 1.54) is 6.07 Å². The molecule has 0 spiro atoms. The molecule has 9 nitrogen and oxygen atoms in total. The molecule has 0 saturated heterocycles. The van der Waals surface area contributed by atoms with E-state index in [4.69, 9.17) is 42.5 Å². The number of nitrogens with zero attached hydrogens (tertiary/aromatic N) is 2. The molecule has 0 amide bonds. The first kappa shape index (κ1) is 31.9. The molecule has 5 rings (SSSR count). The van der Waals surface area contributed by atoms with Crippen molar-refractivity contribution < 1.29 is 34.0 Å². The number of ether oxygens (including phenoxy) is 3. The summed E-state index contributed by atoms with van der Waals surface area (Å²) in [4.78, 5) is 24.2. The summed E-state index contributed by atoms with van der Waals surface area (Å²) in [6, 6.07) is 15.4. The second-order valence-corrected chi connectivity index (χ2v) is 11.4. The van der Waals surface area contributed by atoms with Crippen LogP contribution >= 0.6 is 23.2 Å². The van der Waals surface area contributed by atoms with Gasteiger partial charge < -0.3 is 24.4 Å². The minimum absolute atomic E-state index is 0.0410. The average Bonchev–Trinajstić information content (AvgIpc) is 3.64. The lowest BCUT2D eigenvalue weighted by Crippen LogP contribution is -2.07. The fraction of sp³-hybridized carbons (Fsp3) is 0.265. The Bertz CT molecular complexity index is 1780. The van der Waals surface area contributed by atoms with E-state index < -0.39 is 11.9 Å². The molecule has 3 aromatic carbocycles. The molecule has 11 heteroatoms. The summed E-state index contributed by atoms with van der Waals surface area (Å²) in [5, 5.41) is 25.3. The van der Waals surface area contributed by atoms with Gasteiger partial charge in [-0.15, -0.1) is 0 Å². The maximum Gasteiger partial charge on any atom is 0.336 e. The van der Waals surface area contributed by atoms with Crippen molar-refractivity contribution in [3.05, 3.63) is 98.2 Å². The highest BCUT2D eigenvalue weighted by atomic mass is 35.5. The van der Waals surface area contributed by atoms with Crippen LogP contribution in [-0.2, 0) is 30.8 Å². The standard InChI is InChI=1S/C34H32Cl2N2O7/c1-3-4-11-38-29(26-9-8-23(35)17-32(26)45-19-27-25(34(41)42)6-5-7-28(27)36)18-24(37-38)14-22(33(39)40)13-21-16-31-20(10-12-44-31)15-30(21)43-2/h5-9,14-18H,3-4,10-13,19H2,1-2H3,(H,39,40)(H,41,42). The monoisotopic (exact) mass is 650 g/mol. The number of aromatic nitrogens is 2. The van der Waals surface area contributed by atoms with Crippen LogP contribution in [0.25, 0.3) is 17.3 Å². The zero-order valence-corrected chi connectivity index (χ0v) is 26.3. The van der Waals surface area contributed by atoms with Crippen LogP contribution in [0.4, 0.5) is 0 Å². The first-order valence-electron chi connectivity index (χ1n) is 14.5. The van der Waals surface area contributed by atoms with Crippen molar-refractivity contribution in [2.45, 2.75) is 45.8 Å². The summed E-state index contributed by atoms with van der Waals surface area (Å²) in [5.74, 6) is -0.450. The number of carboxylic acids is 2. The van der Waals surface area contributed by atoms with Crippen LogP contribution in [0.1, 0.15) is 52.5 Å². The quantitative estimate of drug-likeness (QED) is 0.142. The molecule has 4 aromatic rings. The van der Waals surface area contributed by atoms with Crippen LogP contribution in [0.2, 0.25) is 10.0 Å². The number of aryl methyl sites for hydroxylation is 1. The highest BCUT2D eigenvalue weighted by Gasteiger charge is 2.21. The number of rotatable bonds is 13. The third-order valence-corrected chi connectivity index (χ3v) is 8.12. The van der Waals surface area contributed by atoms with Crippen LogP contribution in [0.15, 0.2) is 60.2 Å². The maximum absolute atomic E-state index is 12.4. The number of unbranched alkanes of at least 4 members (excludes halogenated alkanes) is 1. The van der Waals surface area contributed by atoms with Gasteiger partial charge in [0.25, 0.3) is 0 Å². The van der Waals surface area contributed by atoms with Gasteiger partial charge in [-0.3, -0.25) is 4.68 Å². The number of methoxy groups -OCH3 is 1. The number of aliphatic carboxylic acids is 1. The molecule has 1 aromatic heterocycles. The summed E-state index contributed by atoms with van der Waals surface area (Å²) in [7, 11) is 1.56. The molecule has 2 N–H and O–H groups in total. The Labute approximate surface area is 270 Å². The van der Waals surface area contributed by atoms with Crippen molar-refractivity contribution in [2.24, 2.45) is 0 Å². The van der Waals surface area contributed by atoms with Crippen LogP contribution in [0, 0.1) is 0 Å². The van der Waals surface area contributed by atoms with Gasteiger partial charge in [-0.1, -0.05) is 42.6 Å². The molecule has 234 valence electrons. The number of fused-ring (bicyclic) bond motifs is 1. The SMILES string of the molecule is CCCCn1nc(C=C(Cc2cc3c(cc2OC)CCO3)C(=O)O)cc1-c1ccc(Cl)cc1OCc1c(Cl)cccc1C(=O)O. The number of aromatic carboxylic acids is 1. The van der Waals surface area contributed by atoms with E-state index in [1.807, 2.05) is 16.8 Å². The molecular formula is C34H32Cl2N2O7. The smallest absolute Gasteiger partial charge is 0.336 e. The van der Waals surface area contributed by atoms with Gasteiger partial charge in [-0.25, -0.2) is 9.59 Å². The summed E-state index contributed by atoms with van der Waals surface area (Å²) < 4.78 is 19.2. The lowest BCUT2D eigenvalue weighted by molar-refractivity contribution is -0.132. The van der Waals surface area contributed by atoms with E-state index in [2.05, 4.69) is 6.92 Å². The zero-order valence-electron chi connectivity index (χ0n) is 24.8. The Morgan fingerprint density at radius 3 is 2.64 bits per heavy atom. The average molecular weight is 652 g/mol. The Kier molecular flexibility index (Phi) is 10.0. The molecule has 0 fully saturated rings. The Hall–Kier alpha value is -4.47. The summed E-state index contributed by atoms with van der Waals surface area (Å²) in [6.07, 6.45) is 4.19. The summed E-state index contributed by atoms with van der Waals surface area (Å²) in [6.45, 7) is 3.12. The Balaban J connectivity index is 1.52. The summed E-state index contributed by atoms with van der Waals surface area (Å²) >= 11 is 12.7. The first-order chi connectivity index (χ1) is 21.7. The van der Waals surface area contributed by atoms with Gasteiger partial charge in [0.2, 0.25) is 0 Å². The number of benzene rings is 3. The van der Waals surface area contributed by atoms with Crippen LogP contribution in [0.5, 0.6) is 17.2 Å². The van der Waals surface area contributed by atoms with Gasteiger partial charge >= 0.3 is 11.9 Å². The largest absolute Gasteiger partial charge is 0.496 e. The van der Waals surface area contributed by atoms with E-state index in [0.29, 0.717) is 57.8 Å². The molecule has 0 bridgehead atoms. The highest BCUT2D eigenvalue weighted by molar-refractivity contribution is 6.32. The topological polar surface area (TPSA) is 120 Å². The zero-order chi connectivity index (χ0) is 32.1. The molecule has 0 unspecified atom stereocenters. The number of halogens is 2. The molecular weight excluding hydrogens is 619 g/mol. The lowest BCUT2D eigenvalue weighted by atomic mass is 10.00. The van der Waals surface area contributed by atoms with E-state index in [0.717, 1.165) is 30.6 Å². The molecule has 0 atom stereocenters. The van der Waals surface area contributed by atoms with Crippen molar-refractivity contribution in [2.75, 3.05) is 13.7 Å². The Morgan fingerprint density at radius 1 is 1.09 bits per heavy atom. The van der Waals surface area contributed by atoms with E-state index in [-0.39, 0.29) is 29.2 Å². The molecule has 0 radical (unpaired) electrons. The van der Waals surface area contributed by atoms with Crippen molar-refractivity contribution >= 4 is 41.2 Å². The number of hydrogen-bond donors (Lipinski definition) is 2. The van der Waals surface area contributed by atoms with Gasteiger partial charge in [0.1, 0.15) is 23.9 Å². The molecule has 0 aliphatic carbocycles. The minimum Gasteiger partial charge on any atom is -0.496 e. The van der Waals surface area contributed by atoms with Gasteiger partial charge in [0.15, 0.2) is 0 Å². The number of carbonyl (C=O) groups is 2. The number of carboxylic acid groups (broad SMARTS) is 2. The maximum atomic E-state index is 12.4. The highest BCUT2D eigenvalue weighted by Crippen LogP contribution is 2.36. The normalized spacial score (nSPS) is 12.5. The molecule has 1 aliphatic heterocycles. The van der Waals surface area contributed by atoms with Crippen molar-refractivity contribution in [1.29, 1.82) is 0 Å². The summed E-state index contributed by atoms with van der Waals surface area (Å²) in [5.41, 5.74) is 4.03. The molecule has 45 heavy (non-hydrogen) atoms. The lowest BCUT2D eigenvalue weighted by Gasteiger charge is -2.15. The molecule has 2 heterocycles. The number of hydrogen-bond acceptors (Lipinski definition) is 6. The third kappa shape index (κ3) is 7.27. The Morgan fingerprint density at radius 2 is 1.91 bits per heavy atom. The van der Waals surface area contributed by atoms with E-state index in [9.17, 15) is 19.8 Å². The van der Waals surface area contributed by atoms with E-state index >= 15 is 0 Å². The minimum atomic E-state index is -1.12. The van der Waals surface area contributed by atoms with Crippen molar-refractivity contribution in [3.8, 4) is 28.5 Å².